The van der Waals surface area contributed by atoms with Gasteiger partial charge in [0.05, 0.1) is 22.6 Å². The molecule has 2 aromatic carbocycles. The van der Waals surface area contributed by atoms with E-state index in [2.05, 4.69) is 0 Å². The largest absolute Gasteiger partial charge is 0.478 e. The van der Waals surface area contributed by atoms with Crippen LogP contribution >= 0.6 is 0 Å². The number of nitriles is 1. The maximum atomic E-state index is 13.5. The Labute approximate surface area is 120 Å². The Morgan fingerprint density at radius 3 is 2.57 bits per heavy atom. The minimum Gasteiger partial charge on any atom is -0.478 e. The number of anilines is 3. The summed E-state index contributed by atoms with van der Waals surface area (Å²) in [5, 5.41) is 18.4. The minimum atomic E-state index is -1.33. The Balaban J connectivity index is 2.65. The SMILES string of the molecule is CN(c1ccccc1C#N)c1ccc(F)c(N)c1C(=O)O. The zero-order valence-electron chi connectivity index (χ0n) is 11.2. The molecule has 0 aliphatic heterocycles. The van der Waals surface area contributed by atoms with E-state index in [0.717, 1.165) is 6.07 Å². The molecule has 0 aromatic heterocycles. The summed E-state index contributed by atoms with van der Waals surface area (Å²) < 4.78 is 13.5. The second-order valence-electron chi connectivity index (χ2n) is 4.35. The highest BCUT2D eigenvalue weighted by Crippen LogP contribution is 2.33. The molecule has 0 saturated carbocycles. The van der Waals surface area contributed by atoms with Gasteiger partial charge in [0.15, 0.2) is 0 Å². The average molecular weight is 285 g/mol. The number of nitrogens with two attached hydrogens (primary N) is 1. The van der Waals surface area contributed by atoms with Gasteiger partial charge >= 0.3 is 5.97 Å². The van der Waals surface area contributed by atoms with Crippen molar-refractivity contribution in [2.75, 3.05) is 17.7 Å². The van der Waals surface area contributed by atoms with Crippen LogP contribution < -0.4 is 10.6 Å². The third-order valence-corrected chi connectivity index (χ3v) is 3.13. The van der Waals surface area contributed by atoms with Crippen molar-refractivity contribution in [1.82, 2.24) is 0 Å². The summed E-state index contributed by atoms with van der Waals surface area (Å²) in [6.45, 7) is 0. The van der Waals surface area contributed by atoms with Crippen LogP contribution in [0.15, 0.2) is 36.4 Å². The Bertz CT molecular complexity index is 753. The molecule has 0 bridgehead atoms. The smallest absolute Gasteiger partial charge is 0.340 e. The molecule has 0 aliphatic rings. The fourth-order valence-electron chi connectivity index (χ4n) is 2.08. The molecule has 106 valence electrons. The fourth-order valence-corrected chi connectivity index (χ4v) is 2.08. The molecule has 2 rings (SSSR count). The van der Waals surface area contributed by atoms with Gasteiger partial charge in [-0.05, 0) is 24.3 Å². The predicted molar refractivity (Wildman–Crippen MR) is 77.0 cm³/mol. The molecule has 0 aliphatic carbocycles. The van der Waals surface area contributed by atoms with Gasteiger partial charge in [-0.3, -0.25) is 0 Å². The van der Waals surface area contributed by atoms with E-state index in [0.29, 0.717) is 11.3 Å². The highest BCUT2D eigenvalue weighted by Gasteiger charge is 2.21. The summed E-state index contributed by atoms with van der Waals surface area (Å²) in [4.78, 5) is 12.8. The lowest BCUT2D eigenvalue weighted by atomic mass is 10.1. The zero-order valence-corrected chi connectivity index (χ0v) is 11.2. The quantitative estimate of drug-likeness (QED) is 0.846. The highest BCUT2D eigenvalue weighted by atomic mass is 19.1. The van der Waals surface area contributed by atoms with Gasteiger partial charge in [0, 0.05) is 7.05 Å². The molecule has 0 atom stereocenters. The van der Waals surface area contributed by atoms with E-state index in [9.17, 15) is 14.3 Å². The van der Waals surface area contributed by atoms with Crippen molar-refractivity contribution < 1.29 is 14.3 Å². The molecule has 0 unspecified atom stereocenters. The number of hydrogen-bond acceptors (Lipinski definition) is 4. The Kier molecular flexibility index (Phi) is 3.76. The van der Waals surface area contributed by atoms with E-state index in [1.807, 2.05) is 6.07 Å². The topological polar surface area (TPSA) is 90.4 Å². The number of rotatable bonds is 3. The normalized spacial score (nSPS) is 9.95. The second kappa shape index (κ2) is 5.51. The van der Waals surface area contributed by atoms with Crippen molar-refractivity contribution in [3.8, 4) is 6.07 Å². The zero-order chi connectivity index (χ0) is 15.6. The summed E-state index contributed by atoms with van der Waals surface area (Å²) in [5.74, 6) is -2.12. The molecule has 0 fully saturated rings. The summed E-state index contributed by atoms with van der Waals surface area (Å²) in [6.07, 6.45) is 0. The predicted octanol–water partition coefficient (Wildman–Crippen LogP) is 2.75. The molecule has 6 heteroatoms. The van der Waals surface area contributed by atoms with Crippen molar-refractivity contribution in [2.24, 2.45) is 0 Å². The van der Waals surface area contributed by atoms with Gasteiger partial charge in [0.25, 0.3) is 0 Å². The van der Waals surface area contributed by atoms with Crippen LogP contribution in [0.5, 0.6) is 0 Å². The first-order valence-electron chi connectivity index (χ1n) is 6.01. The number of halogens is 1. The van der Waals surface area contributed by atoms with Gasteiger partial charge in [-0.2, -0.15) is 5.26 Å². The first kappa shape index (κ1) is 14.3. The number of carbonyl (C=O) groups is 1. The van der Waals surface area contributed by atoms with E-state index in [4.69, 9.17) is 11.0 Å². The number of benzene rings is 2. The molecule has 2 aromatic rings. The Morgan fingerprint density at radius 1 is 1.29 bits per heavy atom. The van der Waals surface area contributed by atoms with Crippen LogP contribution in [0.3, 0.4) is 0 Å². The van der Waals surface area contributed by atoms with Crippen molar-refractivity contribution in [3.63, 3.8) is 0 Å². The number of nitrogens with zero attached hydrogens (tertiary/aromatic N) is 2. The van der Waals surface area contributed by atoms with E-state index in [1.54, 1.807) is 31.3 Å². The van der Waals surface area contributed by atoms with Crippen LogP contribution in [-0.2, 0) is 0 Å². The van der Waals surface area contributed by atoms with Crippen molar-refractivity contribution in [3.05, 3.63) is 53.3 Å². The second-order valence-corrected chi connectivity index (χ2v) is 4.35. The number of para-hydroxylation sites is 1. The van der Waals surface area contributed by atoms with Crippen LogP contribution in [0.4, 0.5) is 21.5 Å². The maximum Gasteiger partial charge on any atom is 0.340 e. The van der Waals surface area contributed by atoms with E-state index in [-0.39, 0.29) is 11.3 Å². The molecule has 0 radical (unpaired) electrons. The Hall–Kier alpha value is -3.07. The van der Waals surface area contributed by atoms with Gasteiger partial charge in [-0.1, -0.05) is 12.1 Å². The summed E-state index contributed by atoms with van der Waals surface area (Å²) in [6, 6.07) is 11.2. The van der Waals surface area contributed by atoms with E-state index < -0.39 is 17.5 Å². The van der Waals surface area contributed by atoms with Crippen LogP contribution in [0.25, 0.3) is 0 Å². The summed E-state index contributed by atoms with van der Waals surface area (Å²) >= 11 is 0. The molecule has 5 nitrogen and oxygen atoms in total. The monoisotopic (exact) mass is 285 g/mol. The van der Waals surface area contributed by atoms with Crippen LogP contribution in [0.2, 0.25) is 0 Å². The molecule has 0 spiro atoms. The first-order chi connectivity index (χ1) is 9.97. The van der Waals surface area contributed by atoms with Crippen LogP contribution in [0, 0.1) is 17.1 Å². The van der Waals surface area contributed by atoms with Crippen LogP contribution in [0.1, 0.15) is 15.9 Å². The molecular weight excluding hydrogens is 273 g/mol. The first-order valence-corrected chi connectivity index (χ1v) is 6.01. The lowest BCUT2D eigenvalue weighted by Gasteiger charge is -2.23. The van der Waals surface area contributed by atoms with Gasteiger partial charge in [-0.25, -0.2) is 9.18 Å². The van der Waals surface area contributed by atoms with E-state index >= 15 is 0 Å². The fraction of sp³-hybridized carbons (Fsp3) is 0.0667. The van der Waals surface area contributed by atoms with Gasteiger partial charge < -0.3 is 15.7 Å². The van der Waals surface area contributed by atoms with Crippen molar-refractivity contribution in [2.45, 2.75) is 0 Å². The van der Waals surface area contributed by atoms with Gasteiger partial charge in [0.2, 0.25) is 0 Å². The summed E-state index contributed by atoms with van der Waals surface area (Å²) in [7, 11) is 1.59. The number of nitrogen functional groups attached to an aromatic ring is 1. The summed E-state index contributed by atoms with van der Waals surface area (Å²) in [5.41, 5.74) is 5.86. The molecule has 3 N–H and O–H groups in total. The van der Waals surface area contributed by atoms with Crippen molar-refractivity contribution >= 4 is 23.0 Å². The molecule has 0 heterocycles. The lowest BCUT2D eigenvalue weighted by Crippen LogP contribution is -2.17. The number of carboxylic acid groups (broad SMARTS) is 1. The number of carboxylic acids is 1. The molecule has 0 amide bonds. The standard InChI is InChI=1S/C15H12FN3O2/c1-19(11-5-3-2-4-9(11)8-17)12-7-6-10(16)14(18)13(12)15(20)21/h2-7H,18H2,1H3,(H,20,21). The van der Waals surface area contributed by atoms with Crippen LogP contribution in [-0.4, -0.2) is 18.1 Å². The third kappa shape index (κ3) is 2.49. The minimum absolute atomic E-state index is 0.212. The average Bonchev–Trinajstić information content (AvgIpc) is 2.48. The highest BCUT2D eigenvalue weighted by molar-refractivity contribution is 6.01. The number of aromatic carboxylic acids is 1. The van der Waals surface area contributed by atoms with Crippen molar-refractivity contribution in [1.29, 1.82) is 5.26 Å². The molecule has 0 saturated heterocycles. The number of hydrogen-bond donors (Lipinski definition) is 2. The molecule has 21 heavy (non-hydrogen) atoms. The third-order valence-electron chi connectivity index (χ3n) is 3.13. The Morgan fingerprint density at radius 2 is 1.95 bits per heavy atom. The van der Waals surface area contributed by atoms with Gasteiger partial charge in [0.1, 0.15) is 17.4 Å². The lowest BCUT2D eigenvalue weighted by molar-refractivity contribution is 0.0698. The van der Waals surface area contributed by atoms with E-state index in [1.165, 1.54) is 11.0 Å². The maximum absolute atomic E-state index is 13.5. The van der Waals surface area contributed by atoms with Gasteiger partial charge in [-0.15, -0.1) is 0 Å². The molecular formula is C15H12FN3O2.